The van der Waals surface area contributed by atoms with Crippen LogP contribution in [0.3, 0.4) is 0 Å². The van der Waals surface area contributed by atoms with E-state index in [-0.39, 0.29) is 0 Å². The number of anilines is 1. The van der Waals surface area contributed by atoms with Crippen molar-refractivity contribution >= 4 is 17.1 Å². The lowest BCUT2D eigenvalue weighted by atomic mass is 10.1. The summed E-state index contributed by atoms with van der Waals surface area (Å²) in [7, 11) is 0. The topological polar surface area (TPSA) is 66.0 Å². The van der Waals surface area contributed by atoms with E-state index in [1.54, 1.807) is 0 Å². The second kappa shape index (κ2) is 4.57. The Labute approximate surface area is 106 Å². The van der Waals surface area contributed by atoms with E-state index in [1.165, 1.54) is 0 Å². The van der Waals surface area contributed by atoms with Gasteiger partial charge in [-0.1, -0.05) is 0 Å². The van der Waals surface area contributed by atoms with E-state index in [1.807, 2.05) is 23.6 Å². The Morgan fingerprint density at radius 3 is 3.11 bits per heavy atom. The summed E-state index contributed by atoms with van der Waals surface area (Å²) in [5.74, 6) is 1.20. The molecule has 96 valence electrons. The van der Waals surface area contributed by atoms with Gasteiger partial charge >= 0.3 is 0 Å². The van der Waals surface area contributed by atoms with Gasteiger partial charge in [0.2, 0.25) is 5.95 Å². The zero-order valence-electron chi connectivity index (χ0n) is 10.6. The van der Waals surface area contributed by atoms with Crippen LogP contribution in [0, 0.1) is 12.8 Å². The molecular formula is C13H18N4O. The maximum Gasteiger partial charge on any atom is 0.202 e. The molecule has 5 heteroatoms. The number of pyridine rings is 1. The van der Waals surface area contributed by atoms with Crippen molar-refractivity contribution < 1.29 is 4.74 Å². The molecule has 3 rings (SSSR count). The predicted molar refractivity (Wildman–Crippen MR) is 70.2 cm³/mol. The molecule has 1 saturated heterocycles. The predicted octanol–water partition coefficient (Wildman–Crippen LogP) is 1.75. The van der Waals surface area contributed by atoms with Crippen molar-refractivity contribution in [2.75, 3.05) is 18.9 Å². The molecule has 0 saturated carbocycles. The third-order valence-corrected chi connectivity index (χ3v) is 3.55. The number of fused-ring (bicyclic) bond motifs is 1. The number of aryl methyl sites for hydroxylation is 2. The molecule has 5 nitrogen and oxygen atoms in total. The number of imidazole rings is 1. The van der Waals surface area contributed by atoms with E-state index in [9.17, 15) is 0 Å². The number of hydrogen-bond donors (Lipinski definition) is 1. The van der Waals surface area contributed by atoms with Crippen LogP contribution in [0.2, 0.25) is 0 Å². The fourth-order valence-corrected chi connectivity index (χ4v) is 2.46. The van der Waals surface area contributed by atoms with Crippen LogP contribution in [-0.2, 0) is 11.3 Å². The third-order valence-electron chi connectivity index (χ3n) is 3.55. The van der Waals surface area contributed by atoms with E-state index in [0.29, 0.717) is 11.9 Å². The molecule has 0 aliphatic carbocycles. The zero-order valence-corrected chi connectivity index (χ0v) is 10.6. The third kappa shape index (κ3) is 2.06. The van der Waals surface area contributed by atoms with Crippen LogP contribution in [0.4, 0.5) is 5.95 Å². The summed E-state index contributed by atoms with van der Waals surface area (Å²) in [6, 6.07) is 3.94. The average Bonchev–Trinajstić information content (AvgIpc) is 2.94. The molecule has 2 aromatic heterocycles. The van der Waals surface area contributed by atoms with Gasteiger partial charge in [-0.25, -0.2) is 9.97 Å². The summed E-state index contributed by atoms with van der Waals surface area (Å²) < 4.78 is 7.41. The maximum absolute atomic E-state index is 5.97. The van der Waals surface area contributed by atoms with Gasteiger partial charge in [-0.15, -0.1) is 0 Å². The summed E-state index contributed by atoms with van der Waals surface area (Å²) >= 11 is 0. The van der Waals surface area contributed by atoms with Gasteiger partial charge in [0.05, 0.1) is 0 Å². The lowest BCUT2D eigenvalue weighted by Gasteiger charge is -2.09. The molecule has 0 radical (unpaired) electrons. The van der Waals surface area contributed by atoms with Gasteiger partial charge in [0.1, 0.15) is 5.52 Å². The fourth-order valence-electron chi connectivity index (χ4n) is 2.46. The van der Waals surface area contributed by atoms with Crippen molar-refractivity contribution in [2.24, 2.45) is 5.92 Å². The maximum atomic E-state index is 5.97. The molecule has 3 heterocycles. The zero-order chi connectivity index (χ0) is 12.5. The van der Waals surface area contributed by atoms with Crippen molar-refractivity contribution in [3.63, 3.8) is 0 Å². The first-order chi connectivity index (χ1) is 8.74. The van der Waals surface area contributed by atoms with Crippen LogP contribution in [0.1, 0.15) is 18.5 Å². The van der Waals surface area contributed by atoms with E-state index >= 15 is 0 Å². The van der Waals surface area contributed by atoms with Crippen LogP contribution in [0.5, 0.6) is 0 Å². The van der Waals surface area contributed by atoms with Crippen molar-refractivity contribution in [3.8, 4) is 0 Å². The van der Waals surface area contributed by atoms with Crippen molar-refractivity contribution in [1.82, 2.24) is 14.5 Å². The van der Waals surface area contributed by atoms with Crippen LogP contribution in [-0.4, -0.2) is 27.7 Å². The van der Waals surface area contributed by atoms with Crippen LogP contribution < -0.4 is 5.73 Å². The molecule has 1 atom stereocenters. The molecule has 1 unspecified atom stereocenters. The Balaban J connectivity index is 1.85. The Morgan fingerprint density at radius 2 is 2.33 bits per heavy atom. The monoisotopic (exact) mass is 246 g/mol. The van der Waals surface area contributed by atoms with Gasteiger partial charge < -0.3 is 10.5 Å². The van der Waals surface area contributed by atoms with E-state index in [4.69, 9.17) is 10.5 Å². The van der Waals surface area contributed by atoms with E-state index < -0.39 is 0 Å². The molecule has 1 aliphatic heterocycles. The molecule has 2 aromatic rings. The van der Waals surface area contributed by atoms with Gasteiger partial charge in [0, 0.05) is 25.5 Å². The molecule has 0 spiro atoms. The lowest BCUT2D eigenvalue weighted by Crippen LogP contribution is -2.09. The number of nitrogens with two attached hydrogens (primary N) is 1. The quantitative estimate of drug-likeness (QED) is 0.896. The average molecular weight is 246 g/mol. The summed E-state index contributed by atoms with van der Waals surface area (Å²) in [5, 5.41) is 0. The molecule has 0 amide bonds. The molecule has 2 N–H and O–H groups in total. The molecule has 18 heavy (non-hydrogen) atoms. The molecule has 1 fully saturated rings. The van der Waals surface area contributed by atoms with Gasteiger partial charge in [-0.2, -0.15) is 0 Å². The van der Waals surface area contributed by atoms with Gasteiger partial charge in [0.25, 0.3) is 0 Å². The van der Waals surface area contributed by atoms with Crippen molar-refractivity contribution in [1.29, 1.82) is 0 Å². The SMILES string of the molecule is Cc1ccc2nc(N)n(CCC3CCOC3)c2n1. The van der Waals surface area contributed by atoms with Crippen LogP contribution >= 0.6 is 0 Å². The highest BCUT2D eigenvalue weighted by molar-refractivity contribution is 5.74. The number of rotatable bonds is 3. The Hall–Kier alpha value is -1.62. The second-order valence-corrected chi connectivity index (χ2v) is 4.94. The first kappa shape index (κ1) is 11.5. The Morgan fingerprint density at radius 1 is 1.44 bits per heavy atom. The molecule has 0 bridgehead atoms. The highest BCUT2D eigenvalue weighted by Gasteiger charge is 2.17. The highest BCUT2D eigenvalue weighted by Crippen LogP contribution is 2.21. The van der Waals surface area contributed by atoms with Crippen molar-refractivity contribution in [2.45, 2.75) is 26.3 Å². The summed E-state index contributed by atoms with van der Waals surface area (Å²) in [6.45, 7) is 4.62. The molecule has 0 aromatic carbocycles. The van der Waals surface area contributed by atoms with Crippen molar-refractivity contribution in [3.05, 3.63) is 17.8 Å². The minimum Gasteiger partial charge on any atom is -0.381 e. The lowest BCUT2D eigenvalue weighted by molar-refractivity contribution is 0.183. The first-order valence-corrected chi connectivity index (χ1v) is 6.41. The smallest absolute Gasteiger partial charge is 0.202 e. The first-order valence-electron chi connectivity index (χ1n) is 6.41. The van der Waals surface area contributed by atoms with E-state index in [0.717, 1.165) is 49.5 Å². The number of ether oxygens (including phenoxy) is 1. The Bertz CT molecular complexity index is 557. The van der Waals surface area contributed by atoms with Gasteiger partial charge in [0.15, 0.2) is 5.65 Å². The number of aromatic nitrogens is 3. The normalized spacial score (nSPS) is 19.7. The standard InChI is InChI=1S/C13H18N4O/c1-9-2-3-11-12(15-9)17(13(14)16-11)6-4-10-5-7-18-8-10/h2-3,10H,4-8H2,1H3,(H2,14,16). The number of hydrogen-bond acceptors (Lipinski definition) is 4. The van der Waals surface area contributed by atoms with E-state index in [2.05, 4.69) is 9.97 Å². The van der Waals surface area contributed by atoms with Gasteiger partial charge in [-0.3, -0.25) is 4.57 Å². The largest absolute Gasteiger partial charge is 0.381 e. The van der Waals surface area contributed by atoms with Crippen LogP contribution in [0.25, 0.3) is 11.2 Å². The fraction of sp³-hybridized carbons (Fsp3) is 0.538. The summed E-state index contributed by atoms with van der Waals surface area (Å²) in [4.78, 5) is 8.88. The summed E-state index contributed by atoms with van der Waals surface area (Å²) in [6.07, 6.45) is 2.23. The minimum absolute atomic E-state index is 0.557. The molecular weight excluding hydrogens is 228 g/mol. The number of nitrogen functional groups attached to an aromatic ring is 1. The number of nitrogens with zero attached hydrogens (tertiary/aromatic N) is 3. The van der Waals surface area contributed by atoms with Gasteiger partial charge in [-0.05, 0) is 37.8 Å². The highest BCUT2D eigenvalue weighted by atomic mass is 16.5. The Kier molecular flexibility index (Phi) is 2.91. The molecule has 1 aliphatic rings. The minimum atomic E-state index is 0.557. The van der Waals surface area contributed by atoms with Crippen LogP contribution in [0.15, 0.2) is 12.1 Å². The summed E-state index contributed by atoms with van der Waals surface area (Å²) in [5.41, 5.74) is 8.73. The second-order valence-electron chi connectivity index (χ2n) is 4.94.